The molecule has 0 aliphatic rings. The molecule has 0 radical (unpaired) electrons. The number of halogens is 2. The minimum absolute atomic E-state index is 0.0203. The Bertz CT molecular complexity index is 757. The van der Waals surface area contributed by atoms with Crippen molar-refractivity contribution in [3.05, 3.63) is 46.4 Å². The monoisotopic (exact) mass is 347 g/mol. The van der Waals surface area contributed by atoms with Crippen molar-refractivity contribution in [2.24, 2.45) is 0 Å². The van der Waals surface area contributed by atoms with Crippen molar-refractivity contribution in [2.75, 3.05) is 11.8 Å². The summed E-state index contributed by atoms with van der Waals surface area (Å²) in [4.78, 5) is -0.102. The Labute approximate surface area is 132 Å². The van der Waals surface area contributed by atoms with Crippen LogP contribution >= 0.6 is 23.2 Å². The van der Waals surface area contributed by atoms with Gasteiger partial charge in [-0.05, 0) is 30.3 Å². The number of sulfonamides is 1. The zero-order valence-electron chi connectivity index (χ0n) is 10.8. The molecule has 0 aliphatic carbocycles. The number of rotatable bonds is 4. The van der Waals surface area contributed by atoms with Gasteiger partial charge in [0.1, 0.15) is 11.5 Å². The van der Waals surface area contributed by atoms with Gasteiger partial charge in [-0.15, -0.1) is 0 Å². The highest BCUT2D eigenvalue weighted by atomic mass is 35.5. The fourth-order valence-electron chi connectivity index (χ4n) is 1.61. The molecule has 112 valence electrons. The minimum Gasteiger partial charge on any atom is -0.506 e. The minimum atomic E-state index is -3.92. The topological polar surface area (TPSA) is 75.6 Å². The number of anilines is 1. The molecular weight excluding hydrogens is 337 g/mol. The van der Waals surface area contributed by atoms with Gasteiger partial charge < -0.3 is 9.84 Å². The van der Waals surface area contributed by atoms with E-state index in [1.54, 1.807) is 0 Å². The molecule has 0 heterocycles. The highest BCUT2D eigenvalue weighted by molar-refractivity contribution is 7.92. The number of phenolic OH excluding ortho intramolecular Hbond substituents is 1. The number of aromatic hydroxyl groups is 1. The Morgan fingerprint density at radius 1 is 1.10 bits per heavy atom. The zero-order valence-corrected chi connectivity index (χ0v) is 13.1. The van der Waals surface area contributed by atoms with Gasteiger partial charge in [0.2, 0.25) is 0 Å². The molecule has 0 unspecified atom stereocenters. The Hall–Kier alpha value is -1.63. The average molecular weight is 348 g/mol. The van der Waals surface area contributed by atoms with Gasteiger partial charge >= 0.3 is 0 Å². The third-order valence-electron chi connectivity index (χ3n) is 2.60. The number of ether oxygens (including phenoxy) is 1. The average Bonchev–Trinajstić information content (AvgIpc) is 2.40. The third-order valence-corrected chi connectivity index (χ3v) is 4.38. The van der Waals surface area contributed by atoms with E-state index in [2.05, 4.69) is 4.72 Å². The summed E-state index contributed by atoms with van der Waals surface area (Å²) in [5, 5.41) is 10.2. The number of methoxy groups -OCH3 is 1. The van der Waals surface area contributed by atoms with Crippen LogP contribution in [-0.4, -0.2) is 20.6 Å². The van der Waals surface area contributed by atoms with Crippen molar-refractivity contribution in [1.82, 2.24) is 0 Å². The Kier molecular flexibility index (Phi) is 4.51. The molecule has 0 bridgehead atoms. The lowest BCUT2D eigenvalue weighted by Gasteiger charge is -2.11. The van der Waals surface area contributed by atoms with Crippen LogP contribution < -0.4 is 9.46 Å². The second-order valence-electron chi connectivity index (χ2n) is 4.09. The summed E-state index contributed by atoms with van der Waals surface area (Å²) < 4.78 is 31.7. The van der Waals surface area contributed by atoms with Crippen molar-refractivity contribution < 1.29 is 18.3 Å². The molecule has 2 N–H and O–H groups in total. The quantitative estimate of drug-likeness (QED) is 0.829. The van der Waals surface area contributed by atoms with Gasteiger partial charge in [0, 0.05) is 16.1 Å². The molecule has 0 fully saturated rings. The van der Waals surface area contributed by atoms with E-state index in [9.17, 15) is 13.5 Å². The maximum atomic E-state index is 12.2. The molecule has 21 heavy (non-hydrogen) atoms. The summed E-state index contributed by atoms with van der Waals surface area (Å²) in [6, 6.07) is 8.14. The van der Waals surface area contributed by atoms with Crippen LogP contribution in [0, 0.1) is 0 Å². The summed E-state index contributed by atoms with van der Waals surface area (Å²) in [6.45, 7) is 0. The molecule has 0 aliphatic heterocycles. The molecule has 0 saturated carbocycles. The Balaban J connectivity index is 2.37. The molecule has 8 heteroatoms. The molecule has 0 amide bonds. The molecule has 0 spiro atoms. The van der Waals surface area contributed by atoms with Crippen LogP contribution in [-0.2, 0) is 10.0 Å². The first-order valence-corrected chi connectivity index (χ1v) is 7.91. The van der Waals surface area contributed by atoms with Gasteiger partial charge in [0.15, 0.2) is 0 Å². The number of nitrogens with one attached hydrogen (secondary N) is 1. The van der Waals surface area contributed by atoms with E-state index >= 15 is 0 Å². The normalized spacial score (nSPS) is 11.2. The van der Waals surface area contributed by atoms with Gasteiger partial charge in [0.05, 0.1) is 17.7 Å². The highest BCUT2D eigenvalue weighted by Gasteiger charge is 2.17. The van der Waals surface area contributed by atoms with Crippen LogP contribution in [0.15, 0.2) is 41.3 Å². The molecular formula is C13H11Cl2NO4S. The summed E-state index contributed by atoms with van der Waals surface area (Å²) in [7, 11) is -2.48. The fourth-order valence-corrected chi connectivity index (χ4v) is 3.41. The van der Waals surface area contributed by atoms with E-state index < -0.39 is 10.0 Å². The van der Waals surface area contributed by atoms with E-state index in [0.717, 1.165) is 0 Å². The Morgan fingerprint density at radius 3 is 2.24 bits per heavy atom. The Morgan fingerprint density at radius 2 is 1.71 bits per heavy atom. The van der Waals surface area contributed by atoms with Crippen molar-refractivity contribution in [2.45, 2.75) is 4.90 Å². The van der Waals surface area contributed by atoms with Crippen LogP contribution in [0.5, 0.6) is 11.5 Å². The lowest BCUT2D eigenvalue weighted by atomic mass is 10.3. The summed E-state index contributed by atoms with van der Waals surface area (Å²) in [5.74, 6) is 0.146. The van der Waals surface area contributed by atoms with Crippen LogP contribution in [0.1, 0.15) is 0 Å². The van der Waals surface area contributed by atoms with E-state index in [4.69, 9.17) is 27.9 Å². The number of hydrogen-bond donors (Lipinski definition) is 2. The number of phenols is 1. The van der Waals surface area contributed by atoms with Gasteiger partial charge in [-0.2, -0.15) is 0 Å². The standard InChI is InChI=1S/C13H11Cl2NO4S/c1-20-10-2-3-12(13(17)7-10)16-21(18,19)11-5-8(14)4-9(15)6-11/h2-7,16-17H,1H3. The van der Waals surface area contributed by atoms with Gasteiger partial charge in [0.25, 0.3) is 10.0 Å². The van der Waals surface area contributed by atoms with Crippen LogP contribution in [0.4, 0.5) is 5.69 Å². The zero-order chi connectivity index (χ0) is 15.6. The lowest BCUT2D eigenvalue weighted by molar-refractivity contribution is 0.408. The SMILES string of the molecule is COc1ccc(NS(=O)(=O)c2cc(Cl)cc(Cl)c2)c(O)c1. The number of benzene rings is 2. The van der Waals surface area contributed by atoms with Crippen molar-refractivity contribution in [1.29, 1.82) is 0 Å². The van der Waals surface area contributed by atoms with Crippen molar-refractivity contribution in [3.63, 3.8) is 0 Å². The van der Waals surface area contributed by atoms with Gasteiger partial charge in [-0.3, -0.25) is 4.72 Å². The summed E-state index contributed by atoms with van der Waals surface area (Å²) in [5.41, 5.74) is 0.0203. The summed E-state index contributed by atoms with van der Waals surface area (Å²) in [6.07, 6.45) is 0. The second-order valence-corrected chi connectivity index (χ2v) is 6.65. The predicted molar refractivity (Wildman–Crippen MR) is 81.9 cm³/mol. The van der Waals surface area contributed by atoms with Crippen LogP contribution in [0.25, 0.3) is 0 Å². The van der Waals surface area contributed by atoms with E-state index in [1.807, 2.05) is 0 Å². The van der Waals surface area contributed by atoms with Crippen LogP contribution in [0.2, 0.25) is 10.0 Å². The first-order chi connectivity index (χ1) is 9.81. The molecule has 0 saturated heterocycles. The van der Waals surface area contributed by atoms with E-state index in [-0.39, 0.29) is 26.4 Å². The fraction of sp³-hybridized carbons (Fsp3) is 0.0769. The highest BCUT2D eigenvalue weighted by Crippen LogP contribution is 2.30. The van der Waals surface area contributed by atoms with Gasteiger partial charge in [-0.1, -0.05) is 23.2 Å². The van der Waals surface area contributed by atoms with Gasteiger partial charge in [-0.25, -0.2) is 8.42 Å². The molecule has 0 aromatic heterocycles. The lowest BCUT2D eigenvalue weighted by Crippen LogP contribution is -2.13. The molecule has 0 atom stereocenters. The molecule has 2 aromatic rings. The maximum absolute atomic E-state index is 12.2. The molecule has 5 nitrogen and oxygen atoms in total. The smallest absolute Gasteiger partial charge is 0.262 e. The third kappa shape index (κ3) is 3.72. The second kappa shape index (κ2) is 6.01. The molecule has 2 aromatic carbocycles. The predicted octanol–water partition coefficient (Wildman–Crippen LogP) is 3.51. The maximum Gasteiger partial charge on any atom is 0.262 e. The summed E-state index contributed by atoms with van der Waals surface area (Å²) >= 11 is 11.6. The van der Waals surface area contributed by atoms with Crippen molar-refractivity contribution in [3.8, 4) is 11.5 Å². The van der Waals surface area contributed by atoms with E-state index in [1.165, 1.54) is 43.5 Å². The number of hydrogen-bond acceptors (Lipinski definition) is 4. The van der Waals surface area contributed by atoms with Crippen LogP contribution in [0.3, 0.4) is 0 Å². The first kappa shape index (κ1) is 15.8. The first-order valence-electron chi connectivity index (χ1n) is 5.68. The largest absolute Gasteiger partial charge is 0.506 e. The van der Waals surface area contributed by atoms with E-state index in [0.29, 0.717) is 5.75 Å². The molecule has 2 rings (SSSR count). The van der Waals surface area contributed by atoms with Crippen molar-refractivity contribution >= 4 is 38.9 Å².